The molecule has 0 aromatic heterocycles. The van der Waals surface area contributed by atoms with E-state index in [2.05, 4.69) is 5.32 Å². The molecule has 7 heteroatoms. The number of hydrogen-bond acceptors (Lipinski definition) is 4. The number of carbonyl (C=O) groups is 3. The van der Waals surface area contributed by atoms with Crippen molar-refractivity contribution < 1.29 is 14.4 Å². The lowest BCUT2D eigenvalue weighted by Crippen LogP contribution is -2.51. The van der Waals surface area contributed by atoms with E-state index in [1.54, 1.807) is 0 Å². The third kappa shape index (κ3) is 4.93. The van der Waals surface area contributed by atoms with Gasteiger partial charge in [-0.25, -0.2) is 0 Å². The van der Waals surface area contributed by atoms with Crippen molar-refractivity contribution >= 4 is 40.9 Å². The lowest BCUT2D eigenvalue weighted by Gasteiger charge is -2.34. The summed E-state index contributed by atoms with van der Waals surface area (Å²) in [4.78, 5) is 43.5. The predicted molar refractivity (Wildman–Crippen MR) is 123 cm³/mol. The summed E-state index contributed by atoms with van der Waals surface area (Å²) in [6.45, 7) is 3.21. The van der Waals surface area contributed by atoms with Crippen LogP contribution in [0.2, 0.25) is 0 Å². The number of likely N-dealkylation sites (tertiary alicyclic amines) is 1. The zero-order valence-corrected chi connectivity index (χ0v) is 18.5. The fraction of sp³-hybridized carbons (Fsp3) is 0.375. The summed E-state index contributed by atoms with van der Waals surface area (Å²) in [6, 6.07) is 15.0. The van der Waals surface area contributed by atoms with Gasteiger partial charge in [-0.1, -0.05) is 37.1 Å². The highest BCUT2D eigenvalue weighted by atomic mass is 32.2. The van der Waals surface area contributed by atoms with Gasteiger partial charge in [0, 0.05) is 23.7 Å². The number of thioether (sulfide) groups is 1. The van der Waals surface area contributed by atoms with E-state index in [1.807, 2.05) is 60.4 Å². The first-order valence-electron chi connectivity index (χ1n) is 10.8. The molecule has 3 amide bonds. The Morgan fingerprint density at radius 3 is 2.52 bits per heavy atom. The number of carbonyl (C=O) groups excluding carboxylic acids is 3. The molecule has 0 aliphatic carbocycles. The summed E-state index contributed by atoms with van der Waals surface area (Å²) in [5.74, 6) is -0.755. The van der Waals surface area contributed by atoms with Crippen LogP contribution in [-0.4, -0.2) is 47.5 Å². The molecule has 2 aliphatic heterocycles. The Morgan fingerprint density at radius 2 is 1.77 bits per heavy atom. The van der Waals surface area contributed by atoms with Gasteiger partial charge in [0.2, 0.25) is 11.8 Å². The summed E-state index contributed by atoms with van der Waals surface area (Å²) >= 11 is 1.30. The molecule has 6 nitrogen and oxygen atoms in total. The van der Waals surface area contributed by atoms with Crippen LogP contribution >= 0.6 is 11.8 Å². The van der Waals surface area contributed by atoms with E-state index in [-0.39, 0.29) is 24.3 Å². The molecular formula is C24H27N3O3S. The molecule has 0 saturated carbocycles. The molecule has 0 spiro atoms. The highest BCUT2D eigenvalue weighted by Crippen LogP contribution is 2.39. The van der Waals surface area contributed by atoms with Crippen LogP contribution in [-0.2, 0) is 14.4 Å². The maximum Gasteiger partial charge on any atom is 0.250 e. The zero-order valence-electron chi connectivity index (χ0n) is 17.7. The van der Waals surface area contributed by atoms with E-state index >= 15 is 0 Å². The number of nitrogens with zero attached hydrogens (tertiary/aromatic N) is 2. The normalized spacial score (nSPS) is 18.9. The lowest BCUT2D eigenvalue weighted by molar-refractivity contribution is -0.135. The van der Waals surface area contributed by atoms with Crippen LogP contribution in [0.15, 0.2) is 53.4 Å². The van der Waals surface area contributed by atoms with Gasteiger partial charge in [0.05, 0.1) is 5.69 Å². The minimum atomic E-state index is -0.847. The molecule has 1 atom stereocenters. The number of amides is 3. The second kappa shape index (κ2) is 9.56. The van der Waals surface area contributed by atoms with Crippen LogP contribution in [0, 0.1) is 6.92 Å². The molecule has 0 bridgehead atoms. The number of fused-ring (bicyclic) bond motifs is 1. The second-order valence-corrected chi connectivity index (χ2v) is 9.19. The Bertz CT molecular complexity index is 986. The number of nitrogens with one attached hydrogen (secondary N) is 1. The number of aryl methyl sites for hydroxylation is 1. The number of anilines is 2. The van der Waals surface area contributed by atoms with Gasteiger partial charge < -0.3 is 15.1 Å². The molecule has 2 aromatic carbocycles. The van der Waals surface area contributed by atoms with Gasteiger partial charge in [0.25, 0.3) is 5.91 Å². The van der Waals surface area contributed by atoms with Crippen LogP contribution in [0.4, 0.5) is 11.4 Å². The molecule has 1 N–H and O–H groups in total. The molecule has 2 heterocycles. The Labute approximate surface area is 187 Å². The fourth-order valence-corrected chi connectivity index (χ4v) is 5.25. The SMILES string of the molecule is Cc1cccc(NC(=O)CN2C(=O)[C@H](C(=O)N3CCCCCC3)Sc3ccccc32)c1. The van der Waals surface area contributed by atoms with Crippen molar-refractivity contribution in [1.29, 1.82) is 0 Å². The first kappa shape index (κ1) is 21.4. The molecule has 31 heavy (non-hydrogen) atoms. The van der Waals surface area contributed by atoms with Crippen molar-refractivity contribution in [2.45, 2.75) is 42.8 Å². The third-order valence-electron chi connectivity index (χ3n) is 5.64. The molecule has 2 aromatic rings. The Morgan fingerprint density at radius 1 is 1.03 bits per heavy atom. The Hall–Kier alpha value is -2.80. The first-order chi connectivity index (χ1) is 15.0. The lowest BCUT2D eigenvalue weighted by atomic mass is 10.2. The van der Waals surface area contributed by atoms with E-state index in [1.165, 1.54) is 16.7 Å². The molecule has 4 rings (SSSR count). The molecular weight excluding hydrogens is 410 g/mol. The van der Waals surface area contributed by atoms with Crippen molar-refractivity contribution in [2.24, 2.45) is 0 Å². The smallest absolute Gasteiger partial charge is 0.250 e. The van der Waals surface area contributed by atoms with E-state index in [9.17, 15) is 14.4 Å². The summed E-state index contributed by atoms with van der Waals surface area (Å²) in [7, 11) is 0. The number of para-hydroxylation sites is 1. The average molecular weight is 438 g/mol. The molecule has 0 unspecified atom stereocenters. The van der Waals surface area contributed by atoms with Crippen molar-refractivity contribution in [3.63, 3.8) is 0 Å². The van der Waals surface area contributed by atoms with Crippen LogP contribution < -0.4 is 10.2 Å². The Balaban J connectivity index is 1.54. The number of rotatable bonds is 4. The zero-order chi connectivity index (χ0) is 21.8. The third-order valence-corrected chi connectivity index (χ3v) is 6.87. The van der Waals surface area contributed by atoms with Crippen molar-refractivity contribution in [1.82, 2.24) is 4.90 Å². The van der Waals surface area contributed by atoms with Gasteiger partial charge in [0.1, 0.15) is 6.54 Å². The van der Waals surface area contributed by atoms with Gasteiger partial charge in [-0.05, 0) is 49.6 Å². The number of hydrogen-bond donors (Lipinski definition) is 1. The van der Waals surface area contributed by atoms with E-state index in [0.717, 1.165) is 36.1 Å². The average Bonchev–Trinajstić information content (AvgIpc) is 3.05. The van der Waals surface area contributed by atoms with Gasteiger partial charge >= 0.3 is 0 Å². The van der Waals surface area contributed by atoms with Crippen molar-refractivity contribution in [3.05, 3.63) is 54.1 Å². The first-order valence-corrected chi connectivity index (χ1v) is 11.6. The monoisotopic (exact) mass is 437 g/mol. The summed E-state index contributed by atoms with van der Waals surface area (Å²) < 4.78 is 0. The van der Waals surface area contributed by atoms with E-state index in [4.69, 9.17) is 0 Å². The summed E-state index contributed by atoms with van der Waals surface area (Å²) in [5.41, 5.74) is 2.41. The molecule has 0 radical (unpaired) electrons. The van der Waals surface area contributed by atoms with Crippen LogP contribution in [0.3, 0.4) is 0 Å². The summed E-state index contributed by atoms with van der Waals surface area (Å²) in [6.07, 6.45) is 4.17. The Kier molecular flexibility index (Phi) is 6.61. The van der Waals surface area contributed by atoms with Gasteiger partial charge in [0.15, 0.2) is 5.25 Å². The van der Waals surface area contributed by atoms with E-state index in [0.29, 0.717) is 24.5 Å². The minimum Gasteiger partial charge on any atom is -0.341 e. The van der Waals surface area contributed by atoms with Crippen molar-refractivity contribution in [2.75, 3.05) is 29.9 Å². The molecule has 1 fully saturated rings. The predicted octanol–water partition coefficient (Wildman–Crippen LogP) is 3.84. The second-order valence-electron chi connectivity index (χ2n) is 8.05. The highest BCUT2D eigenvalue weighted by molar-refractivity contribution is 8.01. The van der Waals surface area contributed by atoms with E-state index < -0.39 is 5.25 Å². The van der Waals surface area contributed by atoms with Crippen LogP contribution in [0.5, 0.6) is 0 Å². The fourth-order valence-electron chi connectivity index (χ4n) is 4.06. The quantitative estimate of drug-likeness (QED) is 0.738. The molecule has 2 aliphatic rings. The van der Waals surface area contributed by atoms with Crippen LogP contribution in [0.1, 0.15) is 31.2 Å². The number of benzene rings is 2. The van der Waals surface area contributed by atoms with Gasteiger partial charge in [-0.15, -0.1) is 11.8 Å². The largest absolute Gasteiger partial charge is 0.341 e. The summed E-state index contributed by atoms with van der Waals surface area (Å²) in [5, 5.41) is 2.01. The highest BCUT2D eigenvalue weighted by Gasteiger charge is 2.40. The minimum absolute atomic E-state index is 0.131. The standard InChI is InChI=1S/C24H27N3O3S/c1-17-9-8-10-18(15-17)25-21(28)16-27-19-11-4-5-12-20(19)31-22(24(27)30)23(29)26-13-6-2-3-7-14-26/h4-5,8-12,15,22H,2-3,6-7,13-14,16H2,1H3,(H,25,28)/t22-/m0/s1. The van der Waals surface area contributed by atoms with Crippen LogP contribution in [0.25, 0.3) is 0 Å². The van der Waals surface area contributed by atoms with Gasteiger partial charge in [-0.2, -0.15) is 0 Å². The maximum atomic E-state index is 13.4. The molecule has 162 valence electrons. The topological polar surface area (TPSA) is 69.7 Å². The maximum absolute atomic E-state index is 13.4. The van der Waals surface area contributed by atoms with Crippen molar-refractivity contribution in [3.8, 4) is 0 Å². The van der Waals surface area contributed by atoms with Gasteiger partial charge in [-0.3, -0.25) is 14.4 Å². The molecule has 1 saturated heterocycles.